The quantitative estimate of drug-likeness (QED) is 0.109. The summed E-state index contributed by atoms with van der Waals surface area (Å²) >= 11 is 0. The van der Waals surface area contributed by atoms with Gasteiger partial charge in [-0.15, -0.1) is 4.99 Å². The Kier molecular flexibility index (Phi) is 7.78. The number of hydrogen-bond acceptors (Lipinski definition) is 15. The number of ether oxygens (including phenoxy) is 3. The van der Waals surface area contributed by atoms with E-state index in [-0.39, 0.29) is 0 Å². The molecule has 0 aliphatic carbocycles. The highest BCUT2D eigenvalue weighted by Crippen LogP contribution is 2.35. The van der Waals surface area contributed by atoms with Crippen molar-refractivity contribution in [1.29, 1.82) is 0 Å². The van der Waals surface area contributed by atoms with Gasteiger partial charge in [0.2, 0.25) is 0 Å². The third kappa shape index (κ3) is 4.08. The van der Waals surface area contributed by atoms with Gasteiger partial charge in [-0.05, 0) is 0 Å². The molecule has 0 aromatic heterocycles. The Balaban J connectivity index is 2.23. The minimum absolute atomic E-state index is 0.725. The Morgan fingerprint density at radius 2 is 1.37 bits per heavy atom. The molecule has 0 radical (unpaired) electrons. The molecule has 27 heavy (non-hydrogen) atoms. The maximum absolute atomic E-state index is 10.4. The third-order valence-corrected chi connectivity index (χ3v) is 4.40. The first-order chi connectivity index (χ1) is 12.8. The molecule has 0 spiro atoms. The average molecular weight is 404 g/mol. The predicted molar refractivity (Wildman–Crippen MR) is 77.0 cm³/mol. The van der Waals surface area contributed by atoms with Gasteiger partial charge in [-0.1, -0.05) is 0 Å². The zero-order valence-electron chi connectivity index (χ0n) is 13.8. The van der Waals surface area contributed by atoms with Gasteiger partial charge in [0.25, 0.3) is 5.79 Å². The van der Waals surface area contributed by atoms with E-state index in [0.717, 1.165) is 0 Å². The first-order valence-corrected chi connectivity index (χ1v) is 7.78. The molecule has 10 atom stereocenters. The Morgan fingerprint density at radius 3 is 1.89 bits per heavy atom. The van der Waals surface area contributed by atoms with Crippen LogP contribution in [0.5, 0.6) is 0 Å². The van der Waals surface area contributed by atoms with E-state index in [1.54, 1.807) is 0 Å². The molecule has 15 heteroatoms. The fourth-order valence-electron chi connectivity index (χ4n) is 2.84. The van der Waals surface area contributed by atoms with E-state index in [9.17, 15) is 35.7 Å². The van der Waals surface area contributed by atoms with Gasteiger partial charge in [-0.3, -0.25) is 4.84 Å². The lowest BCUT2D eigenvalue weighted by Gasteiger charge is -2.48. The fourth-order valence-corrected chi connectivity index (χ4v) is 2.84. The molecular weight excluding hydrogens is 380 g/mol. The molecule has 0 saturated carbocycles. The lowest BCUT2D eigenvalue weighted by Crippen LogP contribution is -2.71. The molecule has 0 aromatic carbocycles. The Bertz CT molecular complexity index is 473. The highest BCUT2D eigenvalue weighted by Gasteiger charge is 2.61. The molecule has 0 unspecified atom stereocenters. The highest BCUT2D eigenvalue weighted by molar-refractivity contribution is 4.97. The SMILES string of the molecule is NOO[C@@]1(ON)[C@H](O)[C@@H](CO)O[C@H](O[C@H]2O[C@H](CO)[C@@H](O)[C@H](O)[C@H]2O)[C@@H]1O. The van der Waals surface area contributed by atoms with Crippen molar-refractivity contribution in [2.24, 2.45) is 11.8 Å². The van der Waals surface area contributed by atoms with E-state index in [2.05, 4.69) is 14.7 Å². The number of aliphatic hydroxyl groups excluding tert-OH is 7. The Hall–Kier alpha value is -0.600. The molecule has 11 N–H and O–H groups in total. The molecule has 0 amide bonds. The van der Waals surface area contributed by atoms with Crippen molar-refractivity contribution in [3.63, 3.8) is 0 Å². The standard InChI is InChI=1S/C12H24N2O13/c13-25-12(26-27-14)8(20)4(2-16)23-11(9(12)21)24-10-7(19)6(18)5(17)3(1-15)22-10/h3-11,15-21H,1-2,13-14H2/t3-,4-,5-,6+,7-,8-,9+,10-,11-,12+/m1/s1. The van der Waals surface area contributed by atoms with Crippen molar-refractivity contribution >= 4 is 0 Å². The molecular formula is C12H24N2O13. The zero-order chi connectivity index (χ0) is 20.4. The Morgan fingerprint density at radius 1 is 0.778 bits per heavy atom. The van der Waals surface area contributed by atoms with Gasteiger partial charge in [-0.25, -0.2) is 5.90 Å². The van der Waals surface area contributed by atoms with Crippen molar-refractivity contribution in [1.82, 2.24) is 0 Å². The monoisotopic (exact) mass is 404 g/mol. The largest absolute Gasteiger partial charge is 0.394 e. The number of nitrogens with two attached hydrogens (primary N) is 2. The summed E-state index contributed by atoms with van der Waals surface area (Å²) in [6, 6.07) is 0. The minimum Gasteiger partial charge on any atom is -0.394 e. The van der Waals surface area contributed by atoms with Crippen LogP contribution < -0.4 is 11.8 Å². The van der Waals surface area contributed by atoms with E-state index < -0.39 is 74.3 Å². The lowest BCUT2D eigenvalue weighted by molar-refractivity contribution is -0.511. The fraction of sp³-hybridized carbons (Fsp3) is 1.00. The van der Waals surface area contributed by atoms with Crippen molar-refractivity contribution in [2.75, 3.05) is 13.2 Å². The molecule has 2 fully saturated rings. The topological polar surface area (TPSA) is 249 Å². The summed E-state index contributed by atoms with van der Waals surface area (Å²) in [5.41, 5.74) is 0. The van der Waals surface area contributed by atoms with Gasteiger partial charge in [0, 0.05) is 0 Å². The van der Waals surface area contributed by atoms with Crippen LogP contribution in [0.25, 0.3) is 0 Å². The van der Waals surface area contributed by atoms with Crippen LogP contribution in [0.2, 0.25) is 0 Å². The summed E-state index contributed by atoms with van der Waals surface area (Å²) < 4.78 is 15.5. The van der Waals surface area contributed by atoms with Crippen LogP contribution in [0.4, 0.5) is 0 Å². The van der Waals surface area contributed by atoms with Crippen LogP contribution in [-0.4, -0.2) is 110 Å². The second-order valence-corrected chi connectivity index (χ2v) is 5.97. The summed E-state index contributed by atoms with van der Waals surface area (Å²) in [6.07, 6.45) is -15.5. The molecule has 0 bridgehead atoms. The second-order valence-electron chi connectivity index (χ2n) is 5.97. The molecule has 2 heterocycles. The lowest BCUT2D eigenvalue weighted by atomic mass is 9.94. The molecule has 0 aromatic rings. The molecule has 2 aliphatic heterocycles. The Labute approximate surface area is 152 Å². The normalized spacial score (nSPS) is 48.6. The second kappa shape index (κ2) is 9.27. The smallest absolute Gasteiger partial charge is 0.280 e. The van der Waals surface area contributed by atoms with Gasteiger partial charge < -0.3 is 50.0 Å². The zero-order valence-corrected chi connectivity index (χ0v) is 13.8. The van der Waals surface area contributed by atoms with Gasteiger partial charge in [-0.2, -0.15) is 10.8 Å². The van der Waals surface area contributed by atoms with Crippen LogP contribution in [-0.2, 0) is 28.9 Å². The number of aliphatic hydroxyl groups is 7. The number of rotatable bonds is 7. The van der Waals surface area contributed by atoms with Crippen LogP contribution in [0, 0.1) is 0 Å². The predicted octanol–water partition coefficient (Wildman–Crippen LogP) is -6.35. The van der Waals surface area contributed by atoms with Crippen molar-refractivity contribution < 1.29 is 64.7 Å². The minimum atomic E-state index is -2.57. The van der Waals surface area contributed by atoms with E-state index in [4.69, 9.17) is 26.0 Å². The summed E-state index contributed by atoms with van der Waals surface area (Å²) in [5.74, 6) is 7.27. The maximum Gasteiger partial charge on any atom is 0.280 e. The van der Waals surface area contributed by atoms with Gasteiger partial charge >= 0.3 is 0 Å². The van der Waals surface area contributed by atoms with E-state index in [1.165, 1.54) is 0 Å². The molecule has 2 rings (SSSR count). The molecule has 15 nitrogen and oxygen atoms in total. The van der Waals surface area contributed by atoms with Gasteiger partial charge in [0.1, 0.15) is 36.6 Å². The van der Waals surface area contributed by atoms with Crippen LogP contribution in [0.3, 0.4) is 0 Å². The van der Waals surface area contributed by atoms with E-state index in [0.29, 0.717) is 0 Å². The van der Waals surface area contributed by atoms with Crippen molar-refractivity contribution in [2.45, 2.75) is 61.1 Å². The van der Waals surface area contributed by atoms with Crippen LogP contribution >= 0.6 is 0 Å². The van der Waals surface area contributed by atoms with Crippen LogP contribution in [0.1, 0.15) is 0 Å². The molecule has 2 aliphatic rings. The van der Waals surface area contributed by atoms with Crippen LogP contribution in [0.15, 0.2) is 0 Å². The van der Waals surface area contributed by atoms with Crippen molar-refractivity contribution in [3.05, 3.63) is 0 Å². The molecule has 2 saturated heterocycles. The van der Waals surface area contributed by atoms with E-state index in [1.807, 2.05) is 0 Å². The first kappa shape index (κ1) is 22.7. The van der Waals surface area contributed by atoms with Gasteiger partial charge in [0.15, 0.2) is 18.7 Å². The summed E-state index contributed by atoms with van der Waals surface area (Å²) in [7, 11) is 0. The summed E-state index contributed by atoms with van der Waals surface area (Å²) in [6.45, 7) is -1.54. The maximum atomic E-state index is 10.4. The highest BCUT2D eigenvalue weighted by atomic mass is 17.3. The summed E-state index contributed by atoms with van der Waals surface area (Å²) in [4.78, 5) is 12.9. The number of hydrogen-bond donors (Lipinski definition) is 9. The van der Waals surface area contributed by atoms with Gasteiger partial charge in [0.05, 0.1) is 13.2 Å². The summed E-state index contributed by atoms with van der Waals surface area (Å²) in [5, 5.41) is 68.6. The van der Waals surface area contributed by atoms with Crippen molar-refractivity contribution in [3.8, 4) is 0 Å². The molecule has 160 valence electrons. The first-order valence-electron chi connectivity index (χ1n) is 7.78. The average Bonchev–Trinajstić information content (AvgIpc) is 2.67. The van der Waals surface area contributed by atoms with E-state index >= 15 is 0 Å². The third-order valence-electron chi connectivity index (χ3n) is 4.40.